The molecule has 5 heteroatoms. The normalized spacial score (nSPS) is 10.2. The maximum absolute atomic E-state index is 11.3. The summed E-state index contributed by atoms with van der Waals surface area (Å²) in [6.45, 7) is 1.97. The molecule has 0 bridgehead atoms. The van der Waals surface area contributed by atoms with Gasteiger partial charge in [0, 0.05) is 10.9 Å². The van der Waals surface area contributed by atoms with Crippen LogP contribution in [0.2, 0.25) is 0 Å². The van der Waals surface area contributed by atoms with E-state index in [-0.39, 0.29) is 0 Å². The summed E-state index contributed by atoms with van der Waals surface area (Å²) >= 11 is 1.42. The van der Waals surface area contributed by atoms with E-state index < -0.39 is 5.97 Å². The summed E-state index contributed by atoms with van der Waals surface area (Å²) in [5.74, 6) is 0.422. The third-order valence-electron chi connectivity index (χ3n) is 2.54. The summed E-state index contributed by atoms with van der Waals surface area (Å²) in [5, 5.41) is 2.49. The van der Waals surface area contributed by atoms with Gasteiger partial charge in [-0.25, -0.2) is 9.78 Å². The number of aromatic nitrogens is 1. The van der Waals surface area contributed by atoms with Crippen LogP contribution in [0.5, 0.6) is 5.75 Å². The summed E-state index contributed by atoms with van der Waals surface area (Å²) < 4.78 is 9.84. The monoisotopic (exact) mass is 263 g/mol. The fourth-order valence-electron chi connectivity index (χ4n) is 1.62. The molecule has 18 heavy (non-hydrogen) atoms. The van der Waals surface area contributed by atoms with Crippen molar-refractivity contribution in [3.05, 3.63) is 34.8 Å². The van der Waals surface area contributed by atoms with Gasteiger partial charge in [0.25, 0.3) is 0 Å². The lowest BCUT2D eigenvalue weighted by Crippen LogP contribution is -2.00. The molecule has 0 N–H and O–H groups in total. The molecule has 0 atom stereocenters. The second kappa shape index (κ2) is 5.18. The molecule has 2 rings (SSSR count). The highest BCUT2D eigenvalue weighted by Gasteiger charge is 2.12. The van der Waals surface area contributed by atoms with E-state index in [2.05, 4.69) is 9.72 Å². The minimum atomic E-state index is -0.414. The lowest BCUT2D eigenvalue weighted by Gasteiger charge is -2.05. The minimum Gasteiger partial charge on any atom is -0.496 e. The van der Waals surface area contributed by atoms with Gasteiger partial charge < -0.3 is 9.47 Å². The Hall–Kier alpha value is -1.88. The molecule has 0 spiro atoms. The SMILES string of the molecule is COC(=O)c1csc(-c2ccc(OC)c(C)c2)n1. The molecular formula is C13H13NO3S. The van der Waals surface area contributed by atoms with Crippen LogP contribution in [0.15, 0.2) is 23.6 Å². The number of methoxy groups -OCH3 is 2. The fraction of sp³-hybridized carbons (Fsp3) is 0.231. The van der Waals surface area contributed by atoms with Crippen molar-refractivity contribution in [2.24, 2.45) is 0 Å². The Morgan fingerprint density at radius 1 is 1.33 bits per heavy atom. The van der Waals surface area contributed by atoms with Gasteiger partial charge in [-0.1, -0.05) is 0 Å². The zero-order valence-electron chi connectivity index (χ0n) is 10.4. The summed E-state index contributed by atoms with van der Waals surface area (Å²) in [7, 11) is 2.99. The molecule has 0 aliphatic carbocycles. The maximum atomic E-state index is 11.3. The molecule has 0 radical (unpaired) electrons. The molecule has 0 saturated carbocycles. The first kappa shape index (κ1) is 12.6. The first-order valence-electron chi connectivity index (χ1n) is 5.34. The molecule has 2 aromatic rings. The van der Waals surface area contributed by atoms with E-state index in [1.807, 2.05) is 25.1 Å². The highest BCUT2D eigenvalue weighted by molar-refractivity contribution is 7.13. The Balaban J connectivity index is 2.34. The van der Waals surface area contributed by atoms with Gasteiger partial charge in [-0.15, -0.1) is 11.3 Å². The van der Waals surface area contributed by atoms with Gasteiger partial charge in [0.2, 0.25) is 0 Å². The van der Waals surface area contributed by atoms with Crippen LogP contribution in [-0.4, -0.2) is 25.2 Å². The number of thiazole rings is 1. The third kappa shape index (κ3) is 2.36. The predicted octanol–water partition coefficient (Wildman–Crippen LogP) is 2.91. The average molecular weight is 263 g/mol. The van der Waals surface area contributed by atoms with E-state index in [1.165, 1.54) is 18.4 Å². The molecule has 0 fully saturated rings. The number of ether oxygens (including phenoxy) is 2. The van der Waals surface area contributed by atoms with E-state index in [9.17, 15) is 4.79 Å². The highest BCUT2D eigenvalue weighted by atomic mass is 32.1. The van der Waals surface area contributed by atoms with E-state index >= 15 is 0 Å². The third-order valence-corrected chi connectivity index (χ3v) is 3.43. The van der Waals surface area contributed by atoms with E-state index in [0.29, 0.717) is 5.69 Å². The Bertz CT molecular complexity index is 577. The molecule has 1 heterocycles. The van der Waals surface area contributed by atoms with Gasteiger partial charge in [0.05, 0.1) is 14.2 Å². The quantitative estimate of drug-likeness (QED) is 0.799. The first-order chi connectivity index (χ1) is 8.65. The smallest absolute Gasteiger partial charge is 0.357 e. The summed E-state index contributed by atoms with van der Waals surface area (Å²) in [6, 6.07) is 5.80. The van der Waals surface area contributed by atoms with Crippen LogP contribution >= 0.6 is 11.3 Å². The van der Waals surface area contributed by atoms with Crippen molar-refractivity contribution in [1.82, 2.24) is 4.98 Å². The number of rotatable bonds is 3. The van der Waals surface area contributed by atoms with Crippen LogP contribution in [0, 0.1) is 6.92 Å². The molecule has 1 aromatic carbocycles. The van der Waals surface area contributed by atoms with Crippen molar-refractivity contribution in [2.45, 2.75) is 6.92 Å². The summed E-state index contributed by atoms with van der Waals surface area (Å²) in [4.78, 5) is 15.6. The largest absolute Gasteiger partial charge is 0.496 e. The Morgan fingerprint density at radius 2 is 2.11 bits per heavy atom. The van der Waals surface area contributed by atoms with Crippen molar-refractivity contribution >= 4 is 17.3 Å². The number of nitrogens with zero attached hydrogens (tertiary/aromatic N) is 1. The molecule has 0 amide bonds. The van der Waals surface area contributed by atoms with E-state index in [4.69, 9.17) is 4.74 Å². The number of carbonyl (C=O) groups excluding carboxylic acids is 1. The fourth-order valence-corrected chi connectivity index (χ4v) is 2.40. The predicted molar refractivity (Wildman–Crippen MR) is 70.2 cm³/mol. The molecule has 0 unspecified atom stereocenters. The lowest BCUT2D eigenvalue weighted by molar-refractivity contribution is 0.0595. The molecular weight excluding hydrogens is 250 g/mol. The van der Waals surface area contributed by atoms with E-state index in [1.54, 1.807) is 12.5 Å². The minimum absolute atomic E-state index is 0.339. The molecule has 94 valence electrons. The van der Waals surface area contributed by atoms with Crippen LogP contribution in [0.4, 0.5) is 0 Å². The number of benzene rings is 1. The average Bonchev–Trinajstić information content (AvgIpc) is 2.87. The molecule has 0 saturated heterocycles. The maximum Gasteiger partial charge on any atom is 0.357 e. The topological polar surface area (TPSA) is 48.4 Å². The molecule has 4 nitrogen and oxygen atoms in total. The van der Waals surface area contributed by atoms with Gasteiger partial charge in [-0.3, -0.25) is 0 Å². The van der Waals surface area contributed by atoms with Crippen LogP contribution in [-0.2, 0) is 4.74 Å². The van der Waals surface area contributed by atoms with Crippen LogP contribution in [0.1, 0.15) is 16.1 Å². The number of esters is 1. The number of carbonyl (C=O) groups is 1. The van der Waals surface area contributed by atoms with Crippen LogP contribution in [0.25, 0.3) is 10.6 Å². The van der Waals surface area contributed by atoms with Crippen molar-refractivity contribution < 1.29 is 14.3 Å². The molecule has 0 aliphatic heterocycles. The highest BCUT2D eigenvalue weighted by Crippen LogP contribution is 2.28. The van der Waals surface area contributed by atoms with Gasteiger partial charge >= 0.3 is 5.97 Å². The Morgan fingerprint density at radius 3 is 2.72 bits per heavy atom. The van der Waals surface area contributed by atoms with Gasteiger partial charge in [-0.2, -0.15) is 0 Å². The van der Waals surface area contributed by atoms with Crippen molar-refractivity contribution in [3.63, 3.8) is 0 Å². The summed E-state index contributed by atoms with van der Waals surface area (Å²) in [6.07, 6.45) is 0. The summed E-state index contributed by atoms with van der Waals surface area (Å²) in [5.41, 5.74) is 2.34. The van der Waals surface area contributed by atoms with Crippen molar-refractivity contribution in [2.75, 3.05) is 14.2 Å². The zero-order valence-corrected chi connectivity index (χ0v) is 11.2. The Labute approximate surface area is 109 Å². The van der Waals surface area contributed by atoms with Crippen LogP contribution in [0.3, 0.4) is 0 Å². The van der Waals surface area contributed by atoms with E-state index in [0.717, 1.165) is 21.9 Å². The zero-order chi connectivity index (χ0) is 13.1. The number of hydrogen-bond acceptors (Lipinski definition) is 5. The number of aryl methyl sites for hydroxylation is 1. The van der Waals surface area contributed by atoms with Gasteiger partial charge in [0.1, 0.15) is 10.8 Å². The standard InChI is InChI=1S/C13H13NO3S/c1-8-6-9(4-5-11(8)16-2)12-14-10(7-18-12)13(15)17-3/h4-7H,1-3H3. The van der Waals surface area contributed by atoms with Crippen molar-refractivity contribution in [3.8, 4) is 16.3 Å². The van der Waals surface area contributed by atoms with Crippen molar-refractivity contribution in [1.29, 1.82) is 0 Å². The Kier molecular flexibility index (Phi) is 3.62. The lowest BCUT2D eigenvalue weighted by atomic mass is 10.1. The van der Waals surface area contributed by atoms with Crippen LogP contribution < -0.4 is 4.74 Å². The second-order valence-electron chi connectivity index (χ2n) is 3.71. The second-order valence-corrected chi connectivity index (χ2v) is 4.57. The number of hydrogen-bond donors (Lipinski definition) is 0. The molecule has 1 aromatic heterocycles. The van der Waals surface area contributed by atoms with Gasteiger partial charge in [0.15, 0.2) is 5.69 Å². The molecule has 0 aliphatic rings. The first-order valence-corrected chi connectivity index (χ1v) is 6.22. The van der Waals surface area contributed by atoms with Gasteiger partial charge in [-0.05, 0) is 30.7 Å².